The lowest BCUT2D eigenvalue weighted by Crippen LogP contribution is -2.61. The molecule has 1 saturated carbocycles. The summed E-state index contributed by atoms with van der Waals surface area (Å²) in [7, 11) is -3.52. The fourth-order valence-electron chi connectivity index (χ4n) is 4.74. The molecule has 3 aliphatic rings. The zero-order valence-electron chi connectivity index (χ0n) is 20.1. The van der Waals surface area contributed by atoms with Crippen molar-refractivity contribution in [2.45, 2.75) is 68.2 Å². The zero-order valence-corrected chi connectivity index (χ0v) is 21.0. The van der Waals surface area contributed by atoms with E-state index in [1.807, 2.05) is 4.90 Å². The predicted octanol–water partition coefficient (Wildman–Crippen LogP) is 3.37. The van der Waals surface area contributed by atoms with E-state index in [9.17, 15) is 17.6 Å². The molecule has 2 aromatic rings. The molecule has 2 unspecified atom stereocenters. The third kappa shape index (κ3) is 5.10. The molecular formula is C24H29FN4O6S. The van der Waals surface area contributed by atoms with Crippen molar-refractivity contribution in [1.82, 2.24) is 14.9 Å². The molecule has 1 N–H and O–H groups in total. The van der Waals surface area contributed by atoms with Crippen molar-refractivity contribution in [1.29, 1.82) is 0 Å². The number of amides is 1. The minimum atomic E-state index is -3.52. The average Bonchev–Trinajstić information content (AvgIpc) is 2.78. The number of halogens is 1. The van der Waals surface area contributed by atoms with Crippen LogP contribution in [-0.2, 0) is 19.3 Å². The van der Waals surface area contributed by atoms with Crippen LogP contribution in [0.15, 0.2) is 29.4 Å². The van der Waals surface area contributed by atoms with Crippen LogP contribution in [0.4, 0.5) is 20.7 Å². The van der Waals surface area contributed by atoms with Crippen molar-refractivity contribution >= 4 is 27.4 Å². The maximum Gasteiger partial charge on any atom is 0.410 e. The lowest BCUT2D eigenvalue weighted by molar-refractivity contribution is -0.0984. The number of piperidine rings is 1. The number of fused-ring (bicyclic) bond motifs is 2. The number of anilines is 2. The molecule has 3 heterocycles. The van der Waals surface area contributed by atoms with Gasteiger partial charge in [0, 0.05) is 19.1 Å². The second kappa shape index (κ2) is 9.81. The number of hydrogen-bond acceptors (Lipinski definition) is 9. The van der Waals surface area contributed by atoms with Gasteiger partial charge < -0.3 is 19.5 Å². The van der Waals surface area contributed by atoms with E-state index in [-0.39, 0.29) is 41.0 Å². The fraction of sp³-hybridized carbons (Fsp3) is 0.542. The molecule has 194 valence electrons. The van der Waals surface area contributed by atoms with Crippen molar-refractivity contribution in [3.63, 3.8) is 0 Å². The van der Waals surface area contributed by atoms with Gasteiger partial charge in [-0.1, -0.05) is 0 Å². The monoisotopic (exact) mass is 520 g/mol. The van der Waals surface area contributed by atoms with Crippen LogP contribution in [0, 0.1) is 12.7 Å². The average molecular weight is 521 g/mol. The Morgan fingerprint density at radius 3 is 2.50 bits per heavy atom. The summed E-state index contributed by atoms with van der Waals surface area (Å²) in [6.45, 7) is 2.61. The molecule has 0 radical (unpaired) electrons. The number of carbonyl (C=O) groups is 1. The topological polar surface area (TPSA) is 120 Å². The summed E-state index contributed by atoms with van der Waals surface area (Å²) in [5.74, 6) is -0.0152. The Kier molecular flexibility index (Phi) is 6.73. The lowest BCUT2D eigenvalue weighted by Gasteiger charge is -2.47. The summed E-state index contributed by atoms with van der Waals surface area (Å²) in [6.07, 6.45) is 5.99. The lowest BCUT2D eigenvalue weighted by atomic mass is 9.92. The van der Waals surface area contributed by atoms with Crippen LogP contribution in [0.2, 0.25) is 0 Å². The van der Waals surface area contributed by atoms with Gasteiger partial charge in [0.25, 0.3) is 0 Å². The molecule has 1 aliphatic carbocycles. The number of carbonyl (C=O) groups excluding carboxylic acids is 1. The molecule has 36 heavy (non-hydrogen) atoms. The molecule has 10 nitrogen and oxygen atoms in total. The van der Waals surface area contributed by atoms with Gasteiger partial charge in [0.05, 0.1) is 41.4 Å². The summed E-state index contributed by atoms with van der Waals surface area (Å²) in [5.41, 5.74) is 0.664. The highest BCUT2D eigenvalue weighted by atomic mass is 32.2. The molecule has 2 atom stereocenters. The van der Waals surface area contributed by atoms with Crippen molar-refractivity contribution in [2.75, 3.05) is 24.8 Å². The predicted molar refractivity (Wildman–Crippen MR) is 128 cm³/mol. The number of aromatic nitrogens is 2. The highest BCUT2D eigenvalue weighted by Gasteiger charge is 2.44. The van der Waals surface area contributed by atoms with Gasteiger partial charge in [0.15, 0.2) is 9.84 Å². The Bertz CT molecular complexity index is 1240. The first-order valence-electron chi connectivity index (χ1n) is 12.0. The minimum absolute atomic E-state index is 0.0233. The molecule has 1 aromatic heterocycles. The number of sulfone groups is 1. The summed E-state index contributed by atoms with van der Waals surface area (Å²) >= 11 is 0. The van der Waals surface area contributed by atoms with E-state index >= 15 is 0 Å². The maximum absolute atomic E-state index is 14.6. The minimum Gasteiger partial charge on any atom is -0.474 e. The summed E-state index contributed by atoms with van der Waals surface area (Å²) in [4.78, 5) is 22.9. The van der Waals surface area contributed by atoms with Gasteiger partial charge in [-0.25, -0.2) is 27.6 Å². The van der Waals surface area contributed by atoms with Crippen LogP contribution in [0.5, 0.6) is 5.88 Å². The van der Waals surface area contributed by atoms with Gasteiger partial charge in [-0.3, -0.25) is 4.90 Å². The SMILES string of the molecule is Cc1c(Nc2ccc(S(C)(=O)=O)cc2F)ncnc1OC1CC2COCC(C1)N2C(=O)OC1CCC1. The van der Waals surface area contributed by atoms with Crippen LogP contribution in [-0.4, -0.2) is 73.1 Å². The summed E-state index contributed by atoms with van der Waals surface area (Å²) < 4.78 is 55.5. The Hall–Kier alpha value is -2.99. The Balaban J connectivity index is 1.27. The molecule has 2 bridgehead atoms. The van der Waals surface area contributed by atoms with Crippen LogP contribution < -0.4 is 10.1 Å². The van der Waals surface area contributed by atoms with Crippen LogP contribution in [0.1, 0.15) is 37.7 Å². The van der Waals surface area contributed by atoms with Gasteiger partial charge in [-0.2, -0.15) is 0 Å². The number of benzene rings is 1. The second-order valence-corrected chi connectivity index (χ2v) is 11.6. The second-order valence-electron chi connectivity index (χ2n) is 9.59. The highest BCUT2D eigenvalue weighted by Crippen LogP contribution is 2.34. The van der Waals surface area contributed by atoms with Crippen molar-refractivity contribution < 1.29 is 31.8 Å². The first-order valence-corrected chi connectivity index (χ1v) is 13.9. The maximum atomic E-state index is 14.6. The molecule has 1 amide bonds. The third-order valence-corrected chi connectivity index (χ3v) is 8.06. The molecule has 0 spiro atoms. The van der Waals surface area contributed by atoms with Crippen LogP contribution in [0.3, 0.4) is 0 Å². The van der Waals surface area contributed by atoms with Gasteiger partial charge in [0.2, 0.25) is 5.88 Å². The molecule has 2 saturated heterocycles. The zero-order chi connectivity index (χ0) is 25.4. The van der Waals surface area contributed by atoms with Gasteiger partial charge in [0.1, 0.15) is 30.2 Å². The van der Waals surface area contributed by atoms with Crippen LogP contribution >= 0.6 is 0 Å². The van der Waals surface area contributed by atoms with Crippen molar-refractivity contribution in [3.8, 4) is 5.88 Å². The van der Waals surface area contributed by atoms with Crippen molar-refractivity contribution in [2.24, 2.45) is 0 Å². The van der Waals surface area contributed by atoms with E-state index in [1.165, 1.54) is 18.5 Å². The van der Waals surface area contributed by atoms with Gasteiger partial charge >= 0.3 is 6.09 Å². The van der Waals surface area contributed by atoms with Gasteiger partial charge in [-0.05, 0) is 44.4 Å². The third-order valence-electron chi connectivity index (χ3n) is 6.95. The quantitative estimate of drug-likeness (QED) is 0.611. The number of hydrogen-bond donors (Lipinski definition) is 1. The van der Waals surface area contributed by atoms with Gasteiger partial charge in [-0.15, -0.1) is 0 Å². The Morgan fingerprint density at radius 1 is 1.17 bits per heavy atom. The number of rotatable bonds is 6. The first-order chi connectivity index (χ1) is 17.2. The Labute approximate surface area is 209 Å². The smallest absolute Gasteiger partial charge is 0.410 e. The number of ether oxygens (including phenoxy) is 3. The van der Waals surface area contributed by atoms with E-state index in [1.54, 1.807) is 6.92 Å². The number of nitrogens with zero attached hydrogens (tertiary/aromatic N) is 3. The van der Waals surface area contributed by atoms with E-state index in [2.05, 4.69) is 15.3 Å². The summed E-state index contributed by atoms with van der Waals surface area (Å²) in [5, 5.41) is 2.90. The molecule has 1 aromatic carbocycles. The molecule has 12 heteroatoms. The molecule has 3 fully saturated rings. The summed E-state index contributed by atoms with van der Waals surface area (Å²) in [6, 6.07) is 3.37. The normalized spacial score (nSPS) is 24.1. The van der Waals surface area contributed by atoms with Crippen LogP contribution in [0.25, 0.3) is 0 Å². The molecular weight excluding hydrogens is 491 g/mol. The number of morpholine rings is 1. The van der Waals surface area contributed by atoms with E-state index in [4.69, 9.17) is 14.2 Å². The van der Waals surface area contributed by atoms with E-state index in [0.717, 1.165) is 31.6 Å². The highest BCUT2D eigenvalue weighted by molar-refractivity contribution is 7.90. The number of nitrogens with one attached hydrogen (secondary N) is 1. The fourth-order valence-corrected chi connectivity index (χ4v) is 5.38. The van der Waals surface area contributed by atoms with Crippen molar-refractivity contribution in [3.05, 3.63) is 35.9 Å². The molecule has 5 rings (SSSR count). The molecule has 2 aliphatic heterocycles. The first kappa shape index (κ1) is 24.7. The largest absolute Gasteiger partial charge is 0.474 e. The van der Waals surface area contributed by atoms with E-state index < -0.39 is 15.7 Å². The van der Waals surface area contributed by atoms with E-state index in [0.29, 0.717) is 43.3 Å². The standard InChI is InChI=1S/C24H29FN4O6S/c1-14-22(28-21-7-6-19(10-20(21)25)36(2,31)32)26-13-27-23(14)34-18-8-15-11-33-12-16(9-18)29(15)24(30)35-17-4-3-5-17/h6-7,10,13,15-18H,3-5,8-9,11-12H2,1-2H3,(H,26,27,28). The Morgan fingerprint density at radius 2 is 1.89 bits per heavy atom.